The normalized spacial score (nSPS) is 10.6. The van der Waals surface area contributed by atoms with Crippen LogP contribution in [0.4, 0.5) is 0 Å². The molecule has 0 amide bonds. The third-order valence-electron chi connectivity index (χ3n) is 6.60. The topological polar surface area (TPSA) is 107 Å². The number of carbonyl (C=O) groups is 1. The summed E-state index contributed by atoms with van der Waals surface area (Å²) in [5, 5.41) is 10.4. The summed E-state index contributed by atoms with van der Waals surface area (Å²) in [5.41, 5.74) is -0.494. The molecule has 0 aliphatic heterocycles. The molecule has 0 spiro atoms. The number of carboxylic acid groups (broad SMARTS) is 1. The minimum atomic E-state index is -4.97. The van der Waals surface area contributed by atoms with Crippen LogP contribution in [0.5, 0.6) is 5.75 Å². The van der Waals surface area contributed by atoms with Gasteiger partial charge in [-0.2, -0.15) is 0 Å². The summed E-state index contributed by atoms with van der Waals surface area (Å²) in [6.07, 6.45) is 17.7. The van der Waals surface area contributed by atoms with Crippen molar-refractivity contribution in [3.05, 3.63) is 29.8 Å². The van der Waals surface area contributed by atoms with Gasteiger partial charge in [0, 0.05) is 5.56 Å². The average Bonchev–Trinajstić information content (AvgIpc) is 2.92. The first-order valence-electron chi connectivity index (χ1n) is 15.7. The number of rotatable bonds is 21. The molecule has 9 heteroatoms. The SMILES string of the molecule is CCC[CH2][Sn+]([CH2]CCC)[CH2]CCC.CCC[CH2][Sn+]([CH2]CCC)[CH2]CCC.O=C([O-])c1ccccc1OS(=O)(=O)[O-]. The van der Waals surface area contributed by atoms with Crippen LogP contribution in [-0.2, 0) is 10.4 Å². The van der Waals surface area contributed by atoms with Crippen molar-refractivity contribution in [2.75, 3.05) is 0 Å². The third kappa shape index (κ3) is 26.9. The number of unbranched alkanes of at least 4 members (excludes halogenated alkanes) is 6. The van der Waals surface area contributed by atoms with E-state index in [1.165, 1.54) is 89.2 Å². The standard InChI is InChI=1S/C7H6O6S.6C4H9.2Sn/c8-7(9)5-3-1-2-4-6(5)13-14(10,11)12;6*1-3-4-2;;/h1-4H,(H,8,9)(H,10,11,12);6*1,3-4H2,2H3;;/q;;;;;;;2*+1/p-2. The van der Waals surface area contributed by atoms with Crippen LogP contribution < -0.4 is 9.29 Å². The van der Waals surface area contributed by atoms with Crippen LogP contribution in [0.3, 0.4) is 0 Å². The molecule has 0 saturated heterocycles. The Morgan fingerprint density at radius 1 is 0.650 bits per heavy atom. The van der Waals surface area contributed by atoms with Gasteiger partial charge in [-0.05, 0) is 12.1 Å². The van der Waals surface area contributed by atoms with E-state index in [4.69, 9.17) is 0 Å². The molecule has 0 fully saturated rings. The van der Waals surface area contributed by atoms with E-state index in [1.807, 2.05) is 0 Å². The summed E-state index contributed by atoms with van der Waals surface area (Å²) in [5.74, 6) is -2.17. The Morgan fingerprint density at radius 3 is 1.20 bits per heavy atom. The molecule has 0 aliphatic carbocycles. The summed E-state index contributed by atoms with van der Waals surface area (Å²) in [6.45, 7) is 14.0. The van der Waals surface area contributed by atoms with Crippen molar-refractivity contribution in [3.63, 3.8) is 0 Å². The van der Waals surface area contributed by atoms with Gasteiger partial charge in [0.05, 0.1) is 5.97 Å². The van der Waals surface area contributed by atoms with Crippen molar-refractivity contribution in [1.29, 1.82) is 0 Å². The van der Waals surface area contributed by atoms with E-state index in [1.54, 1.807) is 26.6 Å². The van der Waals surface area contributed by atoms with Gasteiger partial charge in [-0.3, -0.25) is 0 Å². The molecule has 1 rings (SSSR count). The number of benzene rings is 1. The van der Waals surface area contributed by atoms with E-state index in [-0.39, 0.29) is 0 Å². The Morgan fingerprint density at radius 2 is 0.950 bits per heavy atom. The summed E-state index contributed by atoms with van der Waals surface area (Å²) in [7, 11) is -4.97. The Labute approximate surface area is 261 Å². The van der Waals surface area contributed by atoms with Crippen molar-refractivity contribution >= 4 is 55.9 Å². The second-order valence-corrected chi connectivity index (χ2v) is 28.5. The van der Waals surface area contributed by atoms with Crippen molar-refractivity contribution in [1.82, 2.24) is 0 Å². The molecule has 1 aromatic carbocycles. The summed E-state index contributed by atoms with van der Waals surface area (Å²) >= 11 is -1.68. The van der Waals surface area contributed by atoms with Crippen LogP contribution in [0.1, 0.15) is 129 Å². The van der Waals surface area contributed by atoms with Gasteiger partial charge >= 0.3 is 185 Å². The molecule has 0 bridgehead atoms. The van der Waals surface area contributed by atoms with Crippen molar-refractivity contribution in [3.8, 4) is 5.75 Å². The molecule has 6 nitrogen and oxygen atoms in total. The van der Waals surface area contributed by atoms with Gasteiger partial charge < -0.3 is 18.6 Å². The molecule has 0 aromatic heterocycles. The van der Waals surface area contributed by atoms with Gasteiger partial charge in [0.15, 0.2) is 5.75 Å². The Hall–Kier alpha value is -0.00260. The quantitative estimate of drug-likeness (QED) is 0.0701. The van der Waals surface area contributed by atoms with E-state index >= 15 is 0 Å². The first-order valence-corrected chi connectivity index (χ1v) is 29.2. The molecular weight excluding hydrogens is 738 g/mol. The number of carboxylic acids is 1. The molecule has 0 N–H and O–H groups in total. The zero-order chi connectivity index (χ0) is 30.7. The average molecular weight is 796 g/mol. The maximum Gasteiger partial charge on any atom is 0.262 e. The summed E-state index contributed by atoms with van der Waals surface area (Å²) in [6, 6.07) is 4.78. The van der Waals surface area contributed by atoms with Gasteiger partial charge in [-0.15, -0.1) is 0 Å². The maximum absolute atomic E-state index is 10.4. The first-order chi connectivity index (χ1) is 19.1. The molecule has 0 saturated carbocycles. The van der Waals surface area contributed by atoms with Crippen molar-refractivity contribution in [2.24, 2.45) is 0 Å². The van der Waals surface area contributed by atoms with Crippen LogP contribution in [0, 0.1) is 0 Å². The fourth-order valence-electron chi connectivity index (χ4n) is 4.13. The third-order valence-corrected chi connectivity index (χ3v) is 25.1. The first kappa shape index (κ1) is 42.1. The van der Waals surface area contributed by atoms with Crippen LogP contribution in [0.2, 0.25) is 26.6 Å². The molecular formula is C31H58O6SSn2. The van der Waals surface area contributed by atoms with Crippen LogP contribution in [-0.4, -0.2) is 58.5 Å². The fourth-order valence-corrected chi connectivity index (χ4v) is 23.4. The molecule has 232 valence electrons. The molecule has 1 aromatic rings. The number of para-hydroxylation sites is 1. The zero-order valence-electron chi connectivity index (χ0n) is 26.4. The number of hydrogen-bond donors (Lipinski definition) is 0. The van der Waals surface area contributed by atoms with Gasteiger partial charge in [0.2, 0.25) is 0 Å². The van der Waals surface area contributed by atoms with E-state index in [2.05, 4.69) is 45.7 Å². The summed E-state index contributed by atoms with van der Waals surface area (Å²) in [4.78, 5) is 10.4. The minimum Gasteiger partial charge on any atom is -0.716 e. The molecule has 0 heterocycles. The van der Waals surface area contributed by atoms with E-state index in [0.29, 0.717) is 0 Å². The van der Waals surface area contributed by atoms with Gasteiger partial charge in [-0.25, -0.2) is 8.42 Å². The van der Waals surface area contributed by atoms with Crippen molar-refractivity contribution in [2.45, 2.75) is 145 Å². The van der Waals surface area contributed by atoms with E-state index in [0.717, 1.165) is 12.1 Å². The van der Waals surface area contributed by atoms with Gasteiger partial charge in [-0.1, -0.05) is 12.1 Å². The number of carbonyl (C=O) groups excluding carboxylic acids is 1. The Balaban J connectivity index is 0. The fraction of sp³-hybridized carbons (Fsp3) is 0.774. The molecule has 0 unspecified atom stereocenters. The second-order valence-electron chi connectivity index (χ2n) is 10.4. The monoisotopic (exact) mass is 798 g/mol. The molecule has 0 atom stereocenters. The summed E-state index contributed by atoms with van der Waals surface area (Å²) < 4.78 is 44.5. The molecule has 0 radical (unpaired) electrons. The smallest absolute Gasteiger partial charge is 0.262 e. The van der Waals surface area contributed by atoms with Crippen molar-refractivity contribution < 1.29 is 27.1 Å². The minimum absolute atomic E-state index is 0.494. The second kappa shape index (κ2) is 29.1. The van der Waals surface area contributed by atoms with E-state index in [9.17, 15) is 22.9 Å². The number of aromatic carboxylic acids is 1. The zero-order valence-corrected chi connectivity index (χ0v) is 32.9. The number of hydrogen-bond acceptors (Lipinski definition) is 6. The van der Waals surface area contributed by atoms with Gasteiger partial charge in [0.1, 0.15) is 0 Å². The maximum atomic E-state index is 10.4. The predicted molar refractivity (Wildman–Crippen MR) is 171 cm³/mol. The van der Waals surface area contributed by atoms with Crippen LogP contribution in [0.15, 0.2) is 24.3 Å². The Bertz CT molecular complexity index is 758. The molecule has 0 aliphatic rings. The Kier molecular flexibility index (Phi) is 30.6. The molecule has 40 heavy (non-hydrogen) atoms. The predicted octanol–water partition coefficient (Wildman–Crippen LogP) is 8.65. The van der Waals surface area contributed by atoms with E-state index < -0.39 is 67.2 Å². The van der Waals surface area contributed by atoms with Gasteiger partial charge in [0.25, 0.3) is 10.4 Å². The van der Waals surface area contributed by atoms with Crippen LogP contribution >= 0.6 is 0 Å². The van der Waals surface area contributed by atoms with Crippen LogP contribution in [0.25, 0.3) is 0 Å². The largest absolute Gasteiger partial charge is 0.716 e.